The van der Waals surface area contributed by atoms with Gasteiger partial charge in [-0.2, -0.15) is 0 Å². The third-order valence-electron chi connectivity index (χ3n) is 5.28. The molecule has 0 aliphatic rings. The number of allylic oxidation sites excluding steroid dienone is 1. The van der Waals surface area contributed by atoms with E-state index in [1.165, 1.54) is 11.8 Å². The molecule has 0 radical (unpaired) electrons. The molecule has 1 unspecified atom stereocenters. The maximum absolute atomic E-state index is 12.9. The number of methoxy groups -OCH3 is 2. The Morgan fingerprint density at radius 3 is 2.43 bits per heavy atom. The number of hydrogen-bond donors (Lipinski definition) is 1. The van der Waals surface area contributed by atoms with Gasteiger partial charge in [-0.3, -0.25) is 4.79 Å². The van der Waals surface area contributed by atoms with Crippen molar-refractivity contribution in [3.05, 3.63) is 72.6 Å². The van der Waals surface area contributed by atoms with E-state index in [9.17, 15) is 4.79 Å². The lowest BCUT2D eigenvalue weighted by Crippen LogP contribution is -2.33. The van der Waals surface area contributed by atoms with E-state index < -0.39 is 0 Å². The zero-order valence-electron chi connectivity index (χ0n) is 20.6. The summed E-state index contributed by atoms with van der Waals surface area (Å²) >= 11 is 1.54. The topological polar surface area (TPSA) is 87.5 Å². The van der Waals surface area contributed by atoms with Crippen molar-refractivity contribution in [3.8, 4) is 17.2 Å². The van der Waals surface area contributed by atoms with Gasteiger partial charge < -0.3 is 24.1 Å². The minimum absolute atomic E-state index is 0.0942. The molecule has 2 aromatic carbocycles. The minimum atomic E-state index is -0.323. The third-order valence-corrected chi connectivity index (χ3v) is 6.21. The van der Waals surface area contributed by atoms with E-state index in [4.69, 9.17) is 14.2 Å². The van der Waals surface area contributed by atoms with E-state index in [-0.39, 0.29) is 17.9 Å². The molecule has 0 spiro atoms. The van der Waals surface area contributed by atoms with Crippen molar-refractivity contribution in [2.45, 2.75) is 31.6 Å². The van der Waals surface area contributed by atoms with Gasteiger partial charge in [0, 0.05) is 17.9 Å². The van der Waals surface area contributed by atoms with Crippen LogP contribution in [-0.4, -0.2) is 47.3 Å². The first kappa shape index (κ1) is 26.2. The first-order chi connectivity index (χ1) is 17.0. The lowest BCUT2D eigenvalue weighted by atomic mass is 10.0. The standard InChI is InChI=1S/C26H32N4O4S/c1-6-15-30-24(23(18(2)3)27-25(31)19-11-13-20(32-4)14-12-19)28-29-26(30)35-17-16-34-22-10-8-7-9-21(22)33-5/h6-14,18,23H,1,15-17H2,2-5H3,(H,27,31). The molecule has 1 amide bonds. The Morgan fingerprint density at radius 1 is 1.09 bits per heavy atom. The van der Waals surface area contributed by atoms with Gasteiger partial charge in [0.15, 0.2) is 22.5 Å². The first-order valence-electron chi connectivity index (χ1n) is 11.4. The SMILES string of the molecule is C=CCn1c(SCCOc2ccccc2OC)nnc1C(NC(=O)c1ccc(OC)cc1)C(C)C. The van der Waals surface area contributed by atoms with Gasteiger partial charge in [-0.25, -0.2) is 0 Å². The summed E-state index contributed by atoms with van der Waals surface area (Å²) in [5.41, 5.74) is 0.550. The second-order valence-corrected chi connectivity index (χ2v) is 9.07. The molecule has 1 heterocycles. The van der Waals surface area contributed by atoms with E-state index in [1.807, 2.05) is 42.7 Å². The molecule has 9 heteroatoms. The van der Waals surface area contributed by atoms with Crippen LogP contribution >= 0.6 is 11.8 Å². The average Bonchev–Trinajstić information content (AvgIpc) is 3.27. The van der Waals surface area contributed by atoms with Gasteiger partial charge in [-0.1, -0.05) is 43.8 Å². The molecular formula is C26H32N4O4S. The highest BCUT2D eigenvalue weighted by Crippen LogP contribution is 2.28. The van der Waals surface area contributed by atoms with E-state index in [0.717, 1.165) is 5.16 Å². The average molecular weight is 497 g/mol. The van der Waals surface area contributed by atoms with Crippen LogP contribution in [0.3, 0.4) is 0 Å². The molecule has 0 saturated heterocycles. The maximum Gasteiger partial charge on any atom is 0.251 e. The van der Waals surface area contributed by atoms with Crippen LogP contribution in [0.4, 0.5) is 0 Å². The lowest BCUT2D eigenvalue weighted by molar-refractivity contribution is 0.0922. The smallest absolute Gasteiger partial charge is 0.251 e. The summed E-state index contributed by atoms with van der Waals surface area (Å²) in [6, 6.07) is 14.2. The van der Waals surface area contributed by atoms with Gasteiger partial charge in [0.25, 0.3) is 5.91 Å². The highest BCUT2D eigenvalue weighted by atomic mass is 32.2. The van der Waals surface area contributed by atoms with Crippen molar-refractivity contribution in [1.82, 2.24) is 20.1 Å². The Kier molecular flexibility index (Phi) is 9.60. The zero-order chi connectivity index (χ0) is 25.2. The summed E-state index contributed by atoms with van der Waals surface area (Å²) in [4.78, 5) is 12.9. The summed E-state index contributed by atoms with van der Waals surface area (Å²) < 4.78 is 18.4. The molecule has 0 aliphatic heterocycles. The van der Waals surface area contributed by atoms with Crippen LogP contribution in [0, 0.1) is 5.92 Å². The molecule has 0 bridgehead atoms. The molecule has 1 aromatic heterocycles. The van der Waals surface area contributed by atoms with Gasteiger partial charge in [0.1, 0.15) is 5.75 Å². The molecule has 35 heavy (non-hydrogen) atoms. The van der Waals surface area contributed by atoms with Crippen LogP contribution in [0.2, 0.25) is 0 Å². The van der Waals surface area contributed by atoms with E-state index >= 15 is 0 Å². The largest absolute Gasteiger partial charge is 0.497 e. The van der Waals surface area contributed by atoms with Crippen LogP contribution in [0.25, 0.3) is 0 Å². The summed E-state index contributed by atoms with van der Waals surface area (Å²) in [6.07, 6.45) is 1.80. The monoisotopic (exact) mass is 496 g/mol. The maximum atomic E-state index is 12.9. The number of nitrogens with zero attached hydrogens (tertiary/aromatic N) is 3. The van der Waals surface area contributed by atoms with E-state index in [0.29, 0.717) is 47.5 Å². The van der Waals surface area contributed by atoms with Crippen LogP contribution in [0.1, 0.15) is 36.1 Å². The van der Waals surface area contributed by atoms with Crippen LogP contribution in [0.15, 0.2) is 66.3 Å². The van der Waals surface area contributed by atoms with Crippen LogP contribution in [0.5, 0.6) is 17.2 Å². The number of carbonyl (C=O) groups is 1. The Balaban J connectivity index is 1.70. The fourth-order valence-corrected chi connectivity index (χ4v) is 4.23. The number of benzene rings is 2. The minimum Gasteiger partial charge on any atom is -0.497 e. The van der Waals surface area contributed by atoms with Crippen molar-refractivity contribution in [2.75, 3.05) is 26.6 Å². The molecule has 8 nitrogen and oxygen atoms in total. The fourth-order valence-electron chi connectivity index (χ4n) is 3.46. The predicted molar refractivity (Wildman–Crippen MR) is 137 cm³/mol. The summed E-state index contributed by atoms with van der Waals surface area (Å²) in [5.74, 6) is 3.36. The quantitative estimate of drug-likeness (QED) is 0.207. The molecule has 3 rings (SSSR count). The Hall–Kier alpha value is -3.46. The van der Waals surface area contributed by atoms with Crippen molar-refractivity contribution in [2.24, 2.45) is 5.92 Å². The van der Waals surface area contributed by atoms with Crippen molar-refractivity contribution in [1.29, 1.82) is 0 Å². The number of aromatic nitrogens is 3. The molecule has 0 aliphatic carbocycles. The molecule has 0 saturated carbocycles. The number of amides is 1. The molecule has 1 atom stereocenters. The Labute approximate surface area is 210 Å². The van der Waals surface area contributed by atoms with Gasteiger partial charge in [-0.05, 0) is 42.3 Å². The van der Waals surface area contributed by atoms with Gasteiger partial charge in [-0.15, -0.1) is 16.8 Å². The van der Waals surface area contributed by atoms with Crippen molar-refractivity contribution < 1.29 is 19.0 Å². The number of hydrogen-bond acceptors (Lipinski definition) is 7. The second-order valence-electron chi connectivity index (χ2n) is 8.01. The predicted octanol–water partition coefficient (Wildman–Crippen LogP) is 4.78. The van der Waals surface area contributed by atoms with Gasteiger partial charge in [0.2, 0.25) is 0 Å². The van der Waals surface area contributed by atoms with Gasteiger partial charge in [0.05, 0.1) is 26.9 Å². The number of para-hydroxylation sites is 2. The fraction of sp³-hybridized carbons (Fsp3) is 0.346. The Bertz CT molecular complexity index is 1110. The molecule has 0 fully saturated rings. The highest BCUT2D eigenvalue weighted by molar-refractivity contribution is 7.99. The third kappa shape index (κ3) is 6.79. The molecule has 1 N–H and O–H groups in total. The van der Waals surface area contributed by atoms with E-state index in [2.05, 4.69) is 22.1 Å². The molecular weight excluding hydrogens is 464 g/mol. The zero-order valence-corrected chi connectivity index (χ0v) is 21.4. The van der Waals surface area contributed by atoms with Crippen molar-refractivity contribution >= 4 is 17.7 Å². The number of ether oxygens (including phenoxy) is 3. The number of rotatable bonds is 13. The van der Waals surface area contributed by atoms with Gasteiger partial charge >= 0.3 is 0 Å². The second kappa shape index (κ2) is 12.9. The number of thioether (sulfide) groups is 1. The lowest BCUT2D eigenvalue weighted by Gasteiger charge is -2.22. The molecule has 3 aromatic rings. The van der Waals surface area contributed by atoms with Crippen LogP contribution < -0.4 is 19.5 Å². The number of nitrogens with one attached hydrogen (secondary N) is 1. The Morgan fingerprint density at radius 2 is 1.80 bits per heavy atom. The normalized spacial score (nSPS) is 11.7. The first-order valence-corrected chi connectivity index (χ1v) is 12.3. The summed E-state index contributed by atoms with van der Waals surface area (Å²) in [7, 11) is 3.21. The number of carbonyl (C=O) groups excluding carboxylic acids is 1. The molecule has 186 valence electrons. The summed E-state index contributed by atoms with van der Waals surface area (Å²) in [6.45, 7) is 8.96. The van der Waals surface area contributed by atoms with E-state index in [1.54, 1.807) is 44.6 Å². The highest BCUT2D eigenvalue weighted by Gasteiger charge is 2.26. The van der Waals surface area contributed by atoms with Crippen molar-refractivity contribution in [3.63, 3.8) is 0 Å². The summed E-state index contributed by atoms with van der Waals surface area (Å²) in [5, 5.41) is 12.7. The van der Waals surface area contributed by atoms with Crippen LogP contribution in [-0.2, 0) is 6.54 Å².